The van der Waals surface area contributed by atoms with Crippen LogP contribution in [0.1, 0.15) is 63.3 Å². The van der Waals surface area contributed by atoms with Crippen molar-refractivity contribution in [1.82, 2.24) is 14.7 Å². The minimum Gasteiger partial charge on any atom is -0.342 e. The van der Waals surface area contributed by atoms with Gasteiger partial charge in [0.2, 0.25) is 5.91 Å². The number of amides is 1. The molecule has 4 nitrogen and oxygen atoms in total. The molecule has 0 spiro atoms. The quantitative estimate of drug-likeness (QED) is 0.851. The maximum Gasteiger partial charge on any atom is 0.260 e. The van der Waals surface area contributed by atoms with Crippen molar-refractivity contribution in [3.63, 3.8) is 0 Å². The maximum atomic E-state index is 13.0. The van der Waals surface area contributed by atoms with Crippen LogP contribution in [0.3, 0.4) is 0 Å². The van der Waals surface area contributed by atoms with E-state index >= 15 is 0 Å². The Morgan fingerprint density at radius 1 is 1.39 bits per heavy atom. The number of halogens is 2. The second-order valence-corrected chi connectivity index (χ2v) is 7.10. The SMILES string of the molecule is CCc1cn(C2CCN(C(=O)C3CC3(F)F)CC2)nc1C(C)C. The van der Waals surface area contributed by atoms with Gasteiger partial charge in [0.05, 0.1) is 11.7 Å². The van der Waals surface area contributed by atoms with Gasteiger partial charge in [-0.1, -0.05) is 20.8 Å². The minimum absolute atomic E-state index is 0.261. The van der Waals surface area contributed by atoms with Gasteiger partial charge in [0.1, 0.15) is 5.92 Å². The molecule has 0 radical (unpaired) electrons. The average molecular weight is 325 g/mol. The second kappa shape index (κ2) is 5.87. The van der Waals surface area contributed by atoms with E-state index in [-0.39, 0.29) is 18.4 Å². The fraction of sp³-hybridized carbons (Fsp3) is 0.765. The van der Waals surface area contributed by atoms with E-state index in [1.165, 1.54) is 5.56 Å². The van der Waals surface area contributed by atoms with Gasteiger partial charge < -0.3 is 4.90 Å². The van der Waals surface area contributed by atoms with Crippen LogP contribution < -0.4 is 0 Å². The van der Waals surface area contributed by atoms with Crippen molar-refractivity contribution in [2.75, 3.05) is 13.1 Å². The van der Waals surface area contributed by atoms with E-state index in [1.807, 2.05) is 4.68 Å². The van der Waals surface area contributed by atoms with E-state index in [1.54, 1.807) is 4.90 Å². The molecule has 0 bridgehead atoms. The van der Waals surface area contributed by atoms with Gasteiger partial charge in [-0.25, -0.2) is 8.78 Å². The molecule has 128 valence electrons. The zero-order valence-electron chi connectivity index (χ0n) is 14.1. The summed E-state index contributed by atoms with van der Waals surface area (Å²) < 4.78 is 28.1. The summed E-state index contributed by atoms with van der Waals surface area (Å²) in [6.45, 7) is 7.51. The first-order valence-electron chi connectivity index (χ1n) is 8.58. The van der Waals surface area contributed by atoms with Crippen molar-refractivity contribution in [2.24, 2.45) is 5.92 Å². The van der Waals surface area contributed by atoms with Gasteiger partial charge >= 0.3 is 0 Å². The third-order valence-corrected chi connectivity index (χ3v) is 5.04. The van der Waals surface area contributed by atoms with Gasteiger partial charge in [0.15, 0.2) is 0 Å². The van der Waals surface area contributed by atoms with E-state index in [9.17, 15) is 13.6 Å². The molecule has 2 fully saturated rings. The molecule has 1 atom stereocenters. The Labute approximate surface area is 135 Å². The van der Waals surface area contributed by atoms with E-state index in [4.69, 9.17) is 5.10 Å². The fourth-order valence-corrected chi connectivity index (χ4v) is 3.44. The van der Waals surface area contributed by atoms with Crippen molar-refractivity contribution in [2.45, 2.75) is 64.3 Å². The van der Waals surface area contributed by atoms with Crippen LogP contribution in [0.25, 0.3) is 0 Å². The van der Waals surface area contributed by atoms with Crippen molar-refractivity contribution in [1.29, 1.82) is 0 Å². The summed E-state index contributed by atoms with van der Waals surface area (Å²) in [5, 5.41) is 4.74. The van der Waals surface area contributed by atoms with Gasteiger partial charge in [-0.05, 0) is 30.7 Å². The number of alkyl halides is 2. The van der Waals surface area contributed by atoms with Gasteiger partial charge in [-0.2, -0.15) is 5.10 Å². The van der Waals surface area contributed by atoms with E-state index < -0.39 is 11.8 Å². The number of carbonyl (C=O) groups excluding carboxylic acids is 1. The highest BCUT2D eigenvalue weighted by Crippen LogP contribution is 2.49. The fourth-order valence-electron chi connectivity index (χ4n) is 3.44. The Morgan fingerprint density at radius 3 is 2.43 bits per heavy atom. The monoisotopic (exact) mass is 325 g/mol. The van der Waals surface area contributed by atoms with Crippen molar-refractivity contribution >= 4 is 5.91 Å². The normalized spacial score (nSPS) is 24.3. The van der Waals surface area contributed by atoms with Crippen LogP contribution in [0.5, 0.6) is 0 Å². The summed E-state index contributed by atoms with van der Waals surface area (Å²) in [4.78, 5) is 13.6. The molecule has 1 aliphatic heterocycles. The highest BCUT2D eigenvalue weighted by molar-refractivity contribution is 5.83. The molecule has 1 saturated carbocycles. The van der Waals surface area contributed by atoms with Crippen LogP contribution in [0, 0.1) is 5.92 Å². The number of hydrogen-bond donors (Lipinski definition) is 0. The molecule has 1 aromatic rings. The lowest BCUT2D eigenvalue weighted by atomic mass is 10.0. The van der Waals surface area contributed by atoms with Crippen LogP contribution >= 0.6 is 0 Å². The first-order valence-corrected chi connectivity index (χ1v) is 8.58. The van der Waals surface area contributed by atoms with Gasteiger partial charge in [0, 0.05) is 25.7 Å². The van der Waals surface area contributed by atoms with Crippen LogP contribution in [0.4, 0.5) is 8.78 Å². The smallest absolute Gasteiger partial charge is 0.260 e. The highest BCUT2D eigenvalue weighted by Gasteiger charge is 2.62. The summed E-state index contributed by atoms with van der Waals surface area (Å²) in [5.74, 6) is -3.81. The molecule has 1 amide bonds. The standard InChI is InChI=1S/C17H25F2N3O/c1-4-12-10-22(20-15(12)11(2)3)13-5-7-21(8-6-13)16(23)14-9-17(14,18)19/h10-11,13-14H,4-9H2,1-3H3. The van der Waals surface area contributed by atoms with Crippen LogP contribution in [-0.2, 0) is 11.2 Å². The lowest BCUT2D eigenvalue weighted by Crippen LogP contribution is -2.40. The van der Waals surface area contributed by atoms with Crippen molar-refractivity contribution in [3.05, 3.63) is 17.5 Å². The molecule has 1 saturated heterocycles. The number of piperidine rings is 1. The molecule has 3 rings (SSSR count). The molecule has 2 aliphatic rings. The topological polar surface area (TPSA) is 38.1 Å². The molecule has 1 aliphatic carbocycles. The zero-order chi connectivity index (χ0) is 16.8. The summed E-state index contributed by atoms with van der Waals surface area (Å²) in [7, 11) is 0. The predicted molar refractivity (Wildman–Crippen MR) is 83.6 cm³/mol. The lowest BCUT2D eigenvalue weighted by molar-refractivity contribution is -0.136. The Bertz CT molecular complexity index is 589. The van der Waals surface area contributed by atoms with Gasteiger partial charge in [-0.15, -0.1) is 0 Å². The number of likely N-dealkylation sites (tertiary alicyclic amines) is 1. The molecule has 2 heterocycles. The zero-order valence-corrected chi connectivity index (χ0v) is 14.1. The summed E-state index contributed by atoms with van der Waals surface area (Å²) >= 11 is 0. The van der Waals surface area contributed by atoms with E-state index in [2.05, 4.69) is 27.0 Å². The third kappa shape index (κ3) is 3.12. The molecule has 23 heavy (non-hydrogen) atoms. The van der Waals surface area contributed by atoms with Crippen LogP contribution in [-0.4, -0.2) is 39.6 Å². The number of nitrogens with zero attached hydrogens (tertiary/aromatic N) is 3. The Hall–Kier alpha value is -1.46. The second-order valence-electron chi connectivity index (χ2n) is 7.10. The third-order valence-electron chi connectivity index (χ3n) is 5.04. The highest BCUT2D eigenvalue weighted by atomic mass is 19.3. The van der Waals surface area contributed by atoms with Crippen LogP contribution in [0.2, 0.25) is 0 Å². The Balaban J connectivity index is 1.62. The summed E-state index contributed by atoms with van der Waals surface area (Å²) in [6.07, 6.45) is 4.37. The Kier molecular flexibility index (Phi) is 4.19. The molecule has 1 unspecified atom stereocenters. The predicted octanol–water partition coefficient (Wildman–Crippen LogP) is 3.39. The molecule has 0 aromatic carbocycles. The molecular formula is C17H25F2N3O. The summed E-state index contributed by atoms with van der Waals surface area (Å²) in [6, 6.07) is 0.261. The van der Waals surface area contributed by atoms with E-state index in [0.717, 1.165) is 25.0 Å². The van der Waals surface area contributed by atoms with Gasteiger partial charge in [0.25, 0.3) is 5.92 Å². The minimum atomic E-state index is -2.77. The van der Waals surface area contributed by atoms with Crippen LogP contribution in [0.15, 0.2) is 6.20 Å². The first kappa shape index (κ1) is 16.4. The molecule has 6 heteroatoms. The number of rotatable bonds is 4. The van der Waals surface area contributed by atoms with Gasteiger partial charge in [-0.3, -0.25) is 9.48 Å². The maximum absolute atomic E-state index is 13.0. The number of aromatic nitrogens is 2. The van der Waals surface area contributed by atoms with Crippen molar-refractivity contribution < 1.29 is 13.6 Å². The number of aryl methyl sites for hydroxylation is 1. The first-order chi connectivity index (χ1) is 10.8. The Morgan fingerprint density at radius 2 is 2.00 bits per heavy atom. The van der Waals surface area contributed by atoms with Crippen molar-refractivity contribution in [3.8, 4) is 0 Å². The molecule has 0 N–H and O–H groups in total. The lowest BCUT2D eigenvalue weighted by Gasteiger charge is -2.32. The number of carbonyl (C=O) groups is 1. The average Bonchev–Trinajstić information content (AvgIpc) is 2.98. The van der Waals surface area contributed by atoms with E-state index in [0.29, 0.717) is 19.0 Å². The number of hydrogen-bond acceptors (Lipinski definition) is 2. The molecular weight excluding hydrogens is 300 g/mol. The summed E-state index contributed by atoms with van der Waals surface area (Å²) in [5.41, 5.74) is 2.42. The largest absolute Gasteiger partial charge is 0.342 e. The molecule has 1 aromatic heterocycles.